The van der Waals surface area contributed by atoms with Crippen molar-refractivity contribution < 1.29 is 17.9 Å². The molecule has 2 heterocycles. The number of pyridine rings is 1. The van der Waals surface area contributed by atoms with Crippen molar-refractivity contribution in [2.75, 3.05) is 11.1 Å². The standard InChI is InChI=1S/C24H20F3N5O/c1-2-15-5-3-4-6-19(15)20-14-22(32-23(28)31-20)30-16-7-9-17(10-8-16)33-18-11-12-29-21(13-18)24(25,26)27/h3-14H,2H2,1H3,(H3,28,30,31,32). The van der Waals surface area contributed by atoms with Gasteiger partial charge in [0.1, 0.15) is 23.0 Å². The molecule has 4 rings (SSSR count). The summed E-state index contributed by atoms with van der Waals surface area (Å²) in [6, 6.07) is 18.7. The third-order valence-corrected chi connectivity index (χ3v) is 4.80. The number of rotatable bonds is 6. The van der Waals surface area contributed by atoms with Gasteiger partial charge in [-0.2, -0.15) is 18.2 Å². The minimum absolute atomic E-state index is 0.0424. The van der Waals surface area contributed by atoms with Gasteiger partial charge in [-0.1, -0.05) is 31.2 Å². The minimum Gasteiger partial charge on any atom is -0.457 e. The molecule has 3 N–H and O–H groups in total. The van der Waals surface area contributed by atoms with Gasteiger partial charge in [0.05, 0.1) is 5.69 Å². The van der Waals surface area contributed by atoms with E-state index in [4.69, 9.17) is 10.5 Å². The molecule has 0 unspecified atom stereocenters. The molecule has 0 saturated heterocycles. The van der Waals surface area contributed by atoms with Crippen LogP contribution in [-0.2, 0) is 12.6 Å². The lowest BCUT2D eigenvalue weighted by Gasteiger charge is -2.12. The van der Waals surface area contributed by atoms with Crippen molar-refractivity contribution in [3.05, 3.63) is 84.2 Å². The van der Waals surface area contributed by atoms with Crippen LogP contribution in [0.1, 0.15) is 18.2 Å². The van der Waals surface area contributed by atoms with Gasteiger partial charge in [-0.25, -0.2) is 4.98 Å². The highest BCUT2D eigenvalue weighted by Crippen LogP contribution is 2.32. The van der Waals surface area contributed by atoms with E-state index < -0.39 is 11.9 Å². The Morgan fingerprint density at radius 2 is 1.70 bits per heavy atom. The molecule has 2 aromatic heterocycles. The zero-order chi connectivity index (χ0) is 23.4. The molecule has 168 valence electrons. The third-order valence-electron chi connectivity index (χ3n) is 4.80. The Labute approximate surface area is 188 Å². The number of hydrogen-bond acceptors (Lipinski definition) is 6. The number of ether oxygens (including phenoxy) is 1. The highest BCUT2D eigenvalue weighted by atomic mass is 19.4. The summed E-state index contributed by atoms with van der Waals surface area (Å²) in [5.41, 5.74) is 8.45. The Hall–Kier alpha value is -4.14. The quantitative estimate of drug-likeness (QED) is 0.361. The van der Waals surface area contributed by atoms with E-state index in [9.17, 15) is 13.2 Å². The minimum atomic E-state index is -4.54. The highest BCUT2D eigenvalue weighted by Gasteiger charge is 2.32. The Morgan fingerprint density at radius 1 is 0.939 bits per heavy atom. The summed E-state index contributed by atoms with van der Waals surface area (Å²) in [7, 11) is 0. The van der Waals surface area contributed by atoms with Crippen LogP contribution < -0.4 is 15.8 Å². The first-order chi connectivity index (χ1) is 15.8. The second-order valence-corrected chi connectivity index (χ2v) is 7.13. The first kappa shape index (κ1) is 22.1. The molecule has 0 atom stereocenters. The fourth-order valence-corrected chi connectivity index (χ4v) is 3.27. The lowest BCUT2D eigenvalue weighted by atomic mass is 10.0. The maximum absolute atomic E-state index is 12.8. The summed E-state index contributed by atoms with van der Waals surface area (Å²) in [5.74, 6) is 1.07. The number of aromatic nitrogens is 3. The summed E-state index contributed by atoms with van der Waals surface area (Å²) >= 11 is 0. The largest absolute Gasteiger partial charge is 0.457 e. The van der Waals surface area contributed by atoms with Gasteiger partial charge < -0.3 is 15.8 Å². The van der Waals surface area contributed by atoms with Crippen LogP contribution in [0.3, 0.4) is 0 Å². The molecule has 0 spiro atoms. The second kappa shape index (κ2) is 9.15. The lowest BCUT2D eigenvalue weighted by Crippen LogP contribution is -2.07. The summed E-state index contributed by atoms with van der Waals surface area (Å²) < 4.78 is 44.0. The van der Waals surface area contributed by atoms with Crippen molar-refractivity contribution in [1.82, 2.24) is 15.0 Å². The molecule has 0 saturated carbocycles. The normalized spacial score (nSPS) is 11.3. The average Bonchev–Trinajstić information content (AvgIpc) is 2.79. The zero-order valence-corrected chi connectivity index (χ0v) is 17.6. The van der Waals surface area contributed by atoms with Crippen LogP contribution in [0.5, 0.6) is 11.5 Å². The van der Waals surface area contributed by atoms with E-state index in [1.165, 1.54) is 6.07 Å². The van der Waals surface area contributed by atoms with E-state index in [2.05, 4.69) is 27.2 Å². The second-order valence-electron chi connectivity index (χ2n) is 7.13. The molecule has 0 fully saturated rings. The maximum atomic E-state index is 12.8. The fraction of sp³-hybridized carbons (Fsp3) is 0.125. The molecule has 9 heteroatoms. The van der Waals surface area contributed by atoms with Gasteiger partial charge in [0.15, 0.2) is 0 Å². The number of halogens is 3. The Balaban J connectivity index is 1.51. The van der Waals surface area contributed by atoms with Gasteiger partial charge in [-0.3, -0.25) is 4.98 Å². The topological polar surface area (TPSA) is 86.0 Å². The number of nitrogens with zero attached hydrogens (tertiary/aromatic N) is 3. The number of benzene rings is 2. The molecule has 0 aliphatic carbocycles. The molecule has 0 amide bonds. The Kier molecular flexibility index (Phi) is 6.12. The molecule has 0 aliphatic heterocycles. The third kappa shape index (κ3) is 5.38. The first-order valence-corrected chi connectivity index (χ1v) is 10.1. The van der Waals surface area contributed by atoms with E-state index in [0.29, 0.717) is 22.9 Å². The lowest BCUT2D eigenvalue weighted by molar-refractivity contribution is -0.141. The summed E-state index contributed by atoms with van der Waals surface area (Å²) in [6.45, 7) is 2.07. The maximum Gasteiger partial charge on any atom is 0.433 e. The molecule has 0 radical (unpaired) electrons. The van der Waals surface area contributed by atoms with Crippen LogP contribution in [-0.4, -0.2) is 15.0 Å². The van der Waals surface area contributed by atoms with E-state index in [1.807, 2.05) is 30.3 Å². The molecule has 33 heavy (non-hydrogen) atoms. The molecule has 0 aliphatic rings. The summed E-state index contributed by atoms with van der Waals surface area (Å²) in [4.78, 5) is 11.9. The van der Waals surface area contributed by atoms with Gasteiger partial charge in [0, 0.05) is 29.6 Å². The summed E-state index contributed by atoms with van der Waals surface area (Å²) in [5, 5.41) is 3.17. The molecule has 0 bridgehead atoms. The van der Waals surface area contributed by atoms with Crippen molar-refractivity contribution in [2.24, 2.45) is 0 Å². The highest BCUT2D eigenvalue weighted by molar-refractivity contribution is 5.69. The molecular formula is C24H20F3N5O. The smallest absolute Gasteiger partial charge is 0.433 e. The number of nitrogens with two attached hydrogens (primary N) is 1. The van der Waals surface area contributed by atoms with Crippen LogP contribution >= 0.6 is 0 Å². The number of aryl methyl sites for hydroxylation is 1. The first-order valence-electron chi connectivity index (χ1n) is 10.1. The number of anilines is 3. The summed E-state index contributed by atoms with van der Waals surface area (Å²) in [6.07, 6.45) is -2.63. The van der Waals surface area contributed by atoms with Gasteiger partial charge in [0.25, 0.3) is 0 Å². The molecule has 4 aromatic rings. The monoisotopic (exact) mass is 451 g/mol. The van der Waals surface area contributed by atoms with Gasteiger partial charge in [0.2, 0.25) is 5.95 Å². The van der Waals surface area contributed by atoms with Crippen molar-refractivity contribution in [1.29, 1.82) is 0 Å². The number of nitrogens with one attached hydrogen (secondary N) is 1. The molecule has 6 nitrogen and oxygen atoms in total. The van der Waals surface area contributed by atoms with Crippen molar-refractivity contribution >= 4 is 17.5 Å². The van der Waals surface area contributed by atoms with E-state index in [-0.39, 0.29) is 11.7 Å². The van der Waals surface area contributed by atoms with Crippen LogP contribution in [0.2, 0.25) is 0 Å². The number of hydrogen-bond donors (Lipinski definition) is 2. The van der Waals surface area contributed by atoms with Crippen LogP contribution in [0.25, 0.3) is 11.3 Å². The van der Waals surface area contributed by atoms with Gasteiger partial charge in [-0.15, -0.1) is 0 Å². The SMILES string of the molecule is CCc1ccccc1-c1cc(Nc2ccc(Oc3ccnc(C(F)(F)F)c3)cc2)nc(N)n1. The van der Waals surface area contributed by atoms with Crippen molar-refractivity contribution in [3.8, 4) is 22.8 Å². The van der Waals surface area contributed by atoms with Gasteiger partial charge in [-0.05, 0) is 42.3 Å². The molecule has 2 aromatic carbocycles. The fourth-order valence-electron chi connectivity index (χ4n) is 3.27. The Morgan fingerprint density at radius 3 is 2.42 bits per heavy atom. The molecular weight excluding hydrogens is 431 g/mol. The average molecular weight is 451 g/mol. The van der Waals surface area contributed by atoms with E-state index in [1.54, 1.807) is 24.3 Å². The van der Waals surface area contributed by atoms with E-state index >= 15 is 0 Å². The van der Waals surface area contributed by atoms with Crippen molar-refractivity contribution in [2.45, 2.75) is 19.5 Å². The van der Waals surface area contributed by atoms with Crippen LogP contribution in [0.15, 0.2) is 72.9 Å². The van der Waals surface area contributed by atoms with Gasteiger partial charge >= 0.3 is 6.18 Å². The predicted octanol–water partition coefficient (Wildman–Crippen LogP) is 6.24. The number of nitrogen functional groups attached to an aromatic ring is 1. The Bertz CT molecular complexity index is 1260. The van der Waals surface area contributed by atoms with Crippen LogP contribution in [0, 0.1) is 0 Å². The van der Waals surface area contributed by atoms with Crippen molar-refractivity contribution in [3.63, 3.8) is 0 Å². The zero-order valence-electron chi connectivity index (χ0n) is 17.6. The van der Waals surface area contributed by atoms with Crippen LogP contribution in [0.4, 0.5) is 30.6 Å². The van der Waals surface area contributed by atoms with E-state index in [0.717, 1.165) is 29.8 Å². The predicted molar refractivity (Wildman–Crippen MR) is 120 cm³/mol. The number of alkyl halides is 3.